The number of thiophene rings is 1. The molecule has 7 heteroatoms. The Morgan fingerprint density at radius 2 is 2.06 bits per heavy atom. The Hall–Kier alpha value is -1.47. The van der Waals surface area contributed by atoms with Crippen LogP contribution in [-0.4, -0.2) is 21.1 Å². The van der Waals surface area contributed by atoms with Crippen LogP contribution in [0.25, 0.3) is 0 Å². The molecular weight excluding hydrogens is 246 g/mol. The fourth-order valence-corrected chi connectivity index (χ4v) is 2.28. The Kier molecular flexibility index (Phi) is 4.19. The van der Waals surface area contributed by atoms with Gasteiger partial charge in [0.1, 0.15) is 0 Å². The smallest absolute Gasteiger partial charge is 0.324 e. The largest absolute Gasteiger partial charge is 0.481 e. The molecule has 3 unspecified atom stereocenters. The lowest BCUT2D eigenvalue weighted by molar-refractivity contribution is -0.380. The van der Waals surface area contributed by atoms with Crippen molar-refractivity contribution in [2.75, 3.05) is 0 Å². The molecule has 0 aromatic carbocycles. The standard InChI is InChI=1S/C10H13NO5S/c1-5(6(2)10(13)14)9(12)7-3-4-8(17-7)11(15)16/h3-6,9,12H,1-2H3,(H,13,14). The van der Waals surface area contributed by atoms with E-state index in [-0.39, 0.29) is 5.00 Å². The van der Waals surface area contributed by atoms with E-state index in [1.165, 1.54) is 19.1 Å². The topological polar surface area (TPSA) is 101 Å². The van der Waals surface area contributed by atoms with Gasteiger partial charge in [-0.15, -0.1) is 0 Å². The van der Waals surface area contributed by atoms with E-state index in [0.29, 0.717) is 4.88 Å². The summed E-state index contributed by atoms with van der Waals surface area (Å²) in [5, 5.41) is 29.2. The van der Waals surface area contributed by atoms with E-state index in [4.69, 9.17) is 5.11 Å². The van der Waals surface area contributed by atoms with Crippen molar-refractivity contribution in [3.8, 4) is 0 Å². The molecule has 1 aromatic heterocycles. The van der Waals surface area contributed by atoms with Crippen molar-refractivity contribution < 1.29 is 19.9 Å². The van der Waals surface area contributed by atoms with Crippen LogP contribution in [0.2, 0.25) is 0 Å². The van der Waals surface area contributed by atoms with Crippen LogP contribution >= 0.6 is 11.3 Å². The van der Waals surface area contributed by atoms with Gasteiger partial charge in [-0.1, -0.05) is 25.2 Å². The van der Waals surface area contributed by atoms with Crippen LogP contribution < -0.4 is 0 Å². The summed E-state index contributed by atoms with van der Waals surface area (Å²) in [6.45, 7) is 3.10. The molecule has 0 amide bonds. The number of aliphatic carboxylic acids is 1. The Balaban J connectivity index is 2.84. The normalized spacial score (nSPS) is 16.2. The molecule has 0 bridgehead atoms. The first-order chi connectivity index (χ1) is 7.84. The zero-order chi connectivity index (χ0) is 13.2. The molecule has 6 nitrogen and oxygen atoms in total. The molecule has 3 atom stereocenters. The highest BCUT2D eigenvalue weighted by atomic mass is 32.1. The maximum absolute atomic E-state index is 10.8. The second-order valence-electron chi connectivity index (χ2n) is 3.86. The van der Waals surface area contributed by atoms with Crippen LogP contribution in [-0.2, 0) is 4.79 Å². The van der Waals surface area contributed by atoms with Crippen LogP contribution in [0.15, 0.2) is 12.1 Å². The Morgan fingerprint density at radius 3 is 2.47 bits per heavy atom. The van der Waals surface area contributed by atoms with Crippen molar-refractivity contribution in [2.45, 2.75) is 20.0 Å². The minimum absolute atomic E-state index is 0.0609. The molecule has 0 saturated heterocycles. The molecule has 0 saturated carbocycles. The van der Waals surface area contributed by atoms with E-state index in [2.05, 4.69) is 0 Å². The number of rotatable bonds is 5. The first kappa shape index (κ1) is 13.6. The molecule has 1 rings (SSSR count). The fraction of sp³-hybridized carbons (Fsp3) is 0.500. The second kappa shape index (κ2) is 5.24. The highest BCUT2D eigenvalue weighted by molar-refractivity contribution is 7.15. The van der Waals surface area contributed by atoms with E-state index in [9.17, 15) is 20.0 Å². The van der Waals surface area contributed by atoms with E-state index >= 15 is 0 Å². The van der Waals surface area contributed by atoms with Gasteiger partial charge in [-0.2, -0.15) is 0 Å². The van der Waals surface area contributed by atoms with Gasteiger partial charge < -0.3 is 10.2 Å². The van der Waals surface area contributed by atoms with Gasteiger partial charge in [-0.05, 0) is 12.0 Å². The summed E-state index contributed by atoms with van der Waals surface area (Å²) in [6, 6.07) is 2.76. The lowest BCUT2D eigenvalue weighted by atomic mass is 9.90. The zero-order valence-electron chi connectivity index (χ0n) is 9.36. The van der Waals surface area contributed by atoms with E-state index in [1.807, 2.05) is 0 Å². The van der Waals surface area contributed by atoms with Crippen LogP contribution in [0.3, 0.4) is 0 Å². The molecule has 0 radical (unpaired) electrons. The number of hydrogen-bond donors (Lipinski definition) is 2. The first-order valence-corrected chi connectivity index (χ1v) is 5.81. The van der Waals surface area contributed by atoms with Gasteiger partial charge in [0.25, 0.3) is 0 Å². The van der Waals surface area contributed by atoms with Crippen molar-refractivity contribution in [1.82, 2.24) is 0 Å². The van der Waals surface area contributed by atoms with E-state index in [1.54, 1.807) is 6.92 Å². The minimum atomic E-state index is -1.00. The van der Waals surface area contributed by atoms with Crippen LogP contribution in [0.1, 0.15) is 24.8 Å². The number of nitro groups is 1. The predicted octanol–water partition coefficient (Wildman–Crippen LogP) is 2.05. The van der Waals surface area contributed by atoms with E-state index in [0.717, 1.165) is 11.3 Å². The van der Waals surface area contributed by atoms with Gasteiger partial charge in [0.05, 0.1) is 16.9 Å². The monoisotopic (exact) mass is 259 g/mol. The van der Waals surface area contributed by atoms with Crippen LogP contribution in [0.4, 0.5) is 5.00 Å². The molecule has 0 aliphatic rings. The van der Waals surface area contributed by atoms with Crippen molar-refractivity contribution in [2.24, 2.45) is 11.8 Å². The average Bonchev–Trinajstić information content (AvgIpc) is 2.75. The second-order valence-corrected chi connectivity index (χ2v) is 4.96. The molecule has 1 heterocycles. The summed E-state index contributed by atoms with van der Waals surface area (Å²) in [5.41, 5.74) is 0. The summed E-state index contributed by atoms with van der Waals surface area (Å²) >= 11 is 0.865. The fourth-order valence-electron chi connectivity index (χ4n) is 1.36. The van der Waals surface area contributed by atoms with Gasteiger partial charge in [0.2, 0.25) is 0 Å². The zero-order valence-corrected chi connectivity index (χ0v) is 10.2. The quantitative estimate of drug-likeness (QED) is 0.622. The molecular formula is C10H13NO5S. The van der Waals surface area contributed by atoms with Crippen molar-refractivity contribution in [3.05, 3.63) is 27.1 Å². The van der Waals surface area contributed by atoms with E-state index < -0.39 is 28.8 Å². The third-order valence-corrected chi connectivity index (χ3v) is 3.87. The summed E-state index contributed by atoms with van der Waals surface area (Å²) in [5.74, 6) is -2.22. The summed E-state index contributed by atoms with van der Waals surface area (Å²) < 4.78 is 0. The van der Waals surface area contributed by atoms with Crippen molar-refractivity contribution in [1.29, 1.82) is 0 Å². The first-order valence-electron chi connectivity index (χ1n) is 4.99. The number of nitrogens with zero attached hydrogens (tertiary/aromatic N) is 1. The van der Waals surface area contributed by atoms with Gasteiger partial charge in [0.15, 0.2) is 0 Å². The summed E-state index contributed by atoms with van der Waals surface area (Å²) in [4.78, 5) is 21.1. The predicted molar refractivity (Wildman–Crippen MR) is 61.9 cm³/mol. The molecule has 2 N–H and O–H groups in total. The van der Waals surface area contributed by atoms with Crippen molar-refractivity contribution in [3.63, 3.8) is 0 Å². The number of carbonyl (C=O) groups is 1. The SMILES string of the molecule is CC(C(=O)O)C(C)C(O)c1ccc([N+](=O)[O-])s1. The average molecular weight is 259 g/mol. The number of carboxylic acids is 1. The van der Waals surface area contributed by atoms with Gasteiger partial charge >= 0.3 is 11.0 Å². The van der Waals surface area contributed by atoms with Crippen LogP contribution in [0, 0.1) is 22.0 Å². The molecule has 94 valence electrons. The maximum atomic E-state index is 10.8. The van der Waals surface area contributed by atoms with Crippen LogP contribution in [0.5, 0.6) is 0 Å². The summed E-state index contributed by atoms with van der Waals surface area (Å²) in [6.07, 6.45) is -1.00. The molecule has 0 aliphatic carbocycles. The number of aliphatic hydroxyl groups excluding tert-OH is 1. The molecule has 0 spiro atoms. The highest BCUT2D eigenvalue weighted by Gasteiger charge is 2.28. The highest BCUT2D eigenvalue weighted by Crippen LogP contribution is 2.35. The van der Waals surface area contributed by atoms with Crippen molar-refractivity contribution >= 4 is 22.3 Å². The Labute approximate surface area is 102 Å². The lowest BCUT2D eigenvalue weighted by Gasteiger charge is -2.20. The third kappa shape index (κ3) is 3.01. The molecule has 0 aliphatic heterocycles. The molecule has 17 heavy (non-hydrogen) atoms. The number of aliphatic hydroxyl groups is 1. The Bertz CT molecular complexity index is 430. The third-order valence-electron chi connectivity index (χ3n) is 2.76. The summed E-state index contributed by atoms with van der Waals surface area (Å²) in [7, 11) is 0. The minimum Gasteiger partial charge on any atom is -0.481 e. The molecule has 1 aromatic rings. The molecule has 0 fully saturated rings. The lowest BCUT2D eigenvalue weighted by Crippen LogP contribution is -2.23. The maximum Gasteiger partial charge on any atom is 0.324 e. The Morgan fingerprint density at radius 1 is 1.47 bits per heavy atom. The number of carboxylic acid groups (broad SMARTS) is 1. The van der Waals surface area contributed by atoms with Gasteiger partial charge in [0, 0.05) is 10.9 Å². The van der Waals surface area contributed by atoms with Gasteiger partial charge in [-0.3, -0.25) is 14.9 Å². The number of hydrogen-bond acceptors (Lipinski definition) is 5. The van der Waals surface area contributed by atoms with Gasteiger partial charge in [-0.25, -0.2) is 0 Å².